The summed E-state index contributed by atoms with van der Waals surface area (Å²) in [4.78, 5) is 11.9. The average molecular weight is 289 g/mol. The molecule has 0 spiro atoms. The molecular weight excluding hydrogens is 273 g/mol. The molecule has 1 amide bonds. The Balaban J connectivity index is 1.89. The van der Waals surface area contributed by atoms with Gasteiger partial charge in [0.05, 0.1) is 7.11 Å². The Morgan fingerprint density at radius 3 is 2.57 bits per heavy atom. The van der Waals surface area contributed by atoms with E-state index in [1.54, 1.807) is 24.3 Å². The number of hydrogen-bond donors (Lipinski definition) is 2. The van der Waals surface area contributed by atoms with Gasteiger partial charge in [-0.05, 0) is 42.3 Å². The summed E-state index contributed by atoms with van der Waals surface area (Å²) in [5, 5.41) is 11.9. The van der Waals surface area contributed by atoms with Crippen LogP contribution < -0.4 is 10.1 Å². The molecule has 110 valence electrons. The average Bonchev–Trinajstić information content (AvgIpc) is 2.49. The van der Waals surface area contributed by atoms with Crippen molar-refractivity contribution < 1.29 is 19.0 Å². The molecule has 5 heteroatoms. The molecule has 0 aliphatic rings. The molecule has 0 bridgehead atoms. The van der Waals surface area contributed by atoms with E-state index in [1.807, 2.05) is 0 Å². The first kappa shape index (κ1) is 14.8. The Kier molecular flexibility index (Phi) is 4.77. The fourth-order valence-electron chi connectivity index (χ4n) is 1.89. The van der Waals surface area contributed by atoms with Crippen LogP contribution in [0.1, 0.15) is 15.9 Å². The molecule has 0 saturated heterocycles. The molecule has 0 aliphatic heterocycles. The van der Waals surface area contributed by atoms with Crippen molar-refractivity contribution in [3.8, 4) is 11.5 Å². The lowest BCUT2D eigenvalue weighted by molar-refractivity contribution is 0.0953. The van der Waals surface area contributed by atoms with E-state index < -0.39 is 5.82 Å². The molecule has 0 radical (unpaired) electrons. The number of nitrogens with one attached hydrogen (secondary N) is 1. The van der Waals surface area contributed by atoms with Crippen molar-refractivity contribution in [3.63, 3.8) is 0 Å². The Morgan fingerprint density at radius 2 is 1.95 bits per heavy atom. The summed E-state index contributed by atoms with van der Waals surface area (Å²) >= 11 is 0. The fourth-order valence-corrected chi connectivity index (χ4v) is 1.89. The first-order valence-corrected chi connectivity index (χ1v) is 6.50. The fraction of sp³-hybridized carbons (Fsp3) is 0.188. The molecule has 0 aromatic heterocycles. The molecule has 0 unspecified atom stereocenters. The van der Waals surface area contributed by atoms with Gasteiger partial charge in [0.15, 0.2) is 11.6 Å². The highest BCUT2D eigenvalue weighted by Crippen LogP contribution is 2.17. The quantitative estimate of drug-likeness (QED) is 0.889. The van der Waals surface area contributed by atoms with Crippen molar-refractivity contribution in [2.75, 3.05) is 13.7 Å². The molecule has 21 heavy (non-hydrogen) atoms. The minimum absolute atomic E-state index is 0.107. The van der Waals surface area contributed by atoms with E-state index >= 15 is 0 Å². The number of ether oxygens (including phenoxy) is 1. The highest BCUT2D eigenvalue weighted by molar-refractivity contribution is 5.94. The lowest BCUT2D eigenvalue weighted by Crippen LogP contribution is -2.25. The summed E-state index contributed by atoms with van der Waals surface area (Å²) in [6.07, 6.45) is 0.630. The number of benzene rings is 2. The van der Waals surface area contributed by atoms with Gasteiger partial charge >= 0.3 is 0 Å². The Labute approximate surface area is 122 Å². The van der Waals surface area contributed by atoms with E-state index in [0.29, 0.717) is 13.0 Å². The van der Waals surface area contributed by atoms with Crippen LogP contribution in [0.4, 0.5) is 4.39 Å². The van der Waals surface area contributed by atoms with E-state index in [9.17, 15) is 14.3 Å². The van der Waals surface area contributed by atoms with E-state index in [1.165, 1.54) is 19.2 Å². The Bertz CT molecular complexity index is 626. The molecule has 2 aromatic rings. The Hall–Kier alpha value is -2.56. The molecule has 0 aliphatic carbocycles. The molecule has 4 nitrogen and oxygen atoms in total. The zero-order valence-electron chi connectivity index (χ0n) is 11.6. The van der Waals surface area contributed by atoms with Gasteiger partial charge in [0.1, 0.15) is 5.75 Å². The zero-order valence-corrected chi connectivity index (χ0v) is 11.6. The van der Waals surface area contributed by atoms with Gasteiger partial charge in [0.25, 0.3) is 5.91 Å². The molecule has 0 atom stereocenters. The zero-order chi connectivity index (χ0) is 15.2. The van der Waals surface area contributed by atoms with Gasteiger partial charge in [0, 0.05) is 12.1 Å². The number of halogens is 1. The van der Waals surface area contributed by atoms with Crippen molar-refractivity contribution in [2.45, 2.75) is 6.42 Å². The number of amides is 1. The van der Waals surface area contributed by atoms with Crippen LogP contribution in [-0.4, -0.2) is 24.7 Å². The Morgan fingerprint density at radius 1 is 1.24 bits per heavy atom. The van der Waals surface area contributed by atoms with Gasteiger partial charge in [-0.2, -0.15) is 0 Å². The number of phenolic OH excluding ortho intramolecular Hbond substituents is 1. The van der Waals surface area contributed by atoms with Crippen molar-refractivity contribution in [1.29, 1.82) is 0 Å². The van der Waals surface area contributed by atoms with Crippen molar-refractivity contribution in [3.05, 3.63) is 59.4 Å². The number of rotatable bonds is 5. The van der Waals surface area contributed by atoms with Crippen LogP contribution in [-0.2, 0) is 6.42 Å². The predicted octanol–water partition coefficient (Wildman–Crippen LogP) is 2.51. The van der Waals surface area contributed by atoms with Crippen molar-refractivity contribution in [1.82, 2.24) is 5.32 Å². The summed E-state index contributed by atoms with van der Waals surface area (Å²) in [7, 11) is 1.37. The van der Waals surface area contributed by atoms with E-state index in [0.717, 1.165) is 11.6 Å². The van der Waals surface area contributed by atoms with Crippen LogP contribution in [0.5, 0.6) is 11.5 Å². The van der Waals surface area contributed by atoms with Crippen LogP contribution in [0.25, 0.3) is 0 Å². The number of hydrogen-bond acceptors (Lipinski definition) is 3. The highest BCUT2D eigenvalue weighted by Gasteiger charge is 2.09. The SMILES string of the molecule is COc1ccc(C(=O)NCCc2ccc(O)cc2)cc1F. The highest BCUT2D eigenvalue weighted by atomic mass is 19.1. The normalized spacial score (nSPS) is 10.2. The van der Waals surface area contributed by atoms with Gasteiger partial charge in [-0.25, -0.2) is 4.39 Å². The summed E-state index contributed by atoms with van der Waals surface area (Å²) < 4.78 is 18.3. The third-order valence-corrected chi connectivity index (χ3v) is 3.05. The van der Waals surface area contributed by atoms with E-state index in [4.69, 9.17) is 4.74 Å². The maximum atomic E-state index is 13.5. The summed E-state index contributed by atoms with van der Waals surface area (Å²) in [5.74, 6) is -0.592. The van der Waals surface area contributed by atoms with Gasteiger partial charge in [0.2, 0.25) is 0 Å². The molecule has 0 fully saturated rings. The second-order valence-corrected chi connectivity index (χ2v) is 4.52. The van der Waals surface area contributed by atoms with Gasteiger partial charge in [-0.3, -0.25) is 4.79 Å². The minimum Gasteiger partial charge on any atom is -0.508 e. The first-order chi connectivity index (χ1) is 10.1. The van der Waals surface area contributed by atoms with E-state index in [-0.39, 0.29) is 23.0 Å². The van der Waals surface area contributed by atoms with Gasteiger partial charge in [-0.1, -0.05) is 12.1 Å². The second kappa shape index (κ2) is 6.74. The number of aromatic hydroxyl groups is 1. The van der Waals surface area contributed by atoms with Crippen LogP contribution in [0, 0.1) is 5.82 Å². The monoisotopic (exact) mass is 289 g/mol. The number of methoxy groups -OCH3 is 1. The molecule has 2 N–H and O–H groups in total. The largest absolute Gasteiger partial charge is 0.508 e. The number of phenols is 1. The molecule has 0 saturated carbocycles. The molecule has 2 rings (SSSR count). The maximum Gasteiger partial charge on any atom is 0.251 e. The van der Waals surface area contributed by atoms with Crippen LogP contribution >= 0.6 is 0 Å². The summed E-state index contributed by atoms with van der Waals surface area (Å²) in [6.45, 7) is 0.428. The third kappa shape index (κ3) is 3.95. The number of carbonyl (C=O) groups excluding carboxylic acids is 1. The predicted molar refractivity (Wildman–Crippen MR) is 77.1 cm³/mol. The lowest BCUT2D eigenvalue weighted by atomic mass is 10.1. The van der Waals surface area contributed by atoms with Gasteiger partial charge in [-0.15, -0.1) is 0 Å². The minimum atomic E-state index is -0.566. The molecule has 2 aromatic carbocycles. The van der Waals surface area contributed by atoms with Crippen molar-refractivity contribution in [2.24, 2.45) is 0 Å². The molecular formula is C16H16FNO3. The van der Waals surface area contributed by atoms with E-state index in [2.05, 4.69) is 5.32 Å². The number of carbonyl (C=O) groups is 1. The van der Waals surface area contributed by atoms with Gasteiger partial charge < -0.3 is 15.2 Å². The smallest absolute Gasteiger partial charge is 0.251 e. The van der Waals surface area contributed by atoms with Crippen LogP contribution in [0.3, 0.4) is 0 Å². The molecule has 0 heterocycles. The first-order valence-electron chi connectivity index (χ1n) is 6.50. The summed E-state index contributed by atoms with van der Waals surface area (Å²) in [6, 6.07) is 10.8. The van der Waals surface area contributed by atoms with Crippen LogP contribution in [0.15, 0.2) is 42.5 Å². The standard InChI is InChI=1S/C16H16FNO3/c1-21-15-7-4-12(10-14(15)17)16(20)18-9-8-11-2-5-13(19)6-3-11/h2-7,10,19H,8-9H2,1H3,(H,18,20). The topological polar surface area (TPSA) is 58.6 Å². The maximum absolute atomic E-state index is 13.5. The van der Waals surface area contributed by atoms with Crippen LogP contribution in [0.2, 0.25) is 0 Å². The summed E-state index contributed by atoms with van der Waals surface area (Å²) in [5.41, 5.74) is 1.24. The third-order valence-electron chi connectivity index (χ3n) is 3.05. The lowest BCUT2D eigenvalue weighted by Gasteiger charge is -2.07. The van der Waals surface area contributed by atoms with Crippen molar-refractivity contribution >= 4 is 5.91 Å². The second-order valence-electron chi connectivity index (χ2n) is 4.52.